The van der Waals surface area contributed by atoms with E-state index in [-0.39, 0.29) is 5.56 Å². The third kappa shape index (κ3) is 1.93. The standard InChI is InChI=1S/C14H15F2NO/c1-7-8(2)18-9(3)12(7)14(17)10-5-4-6-11(15)13(10)16/h4-6,14H,17H2,1-3H3. The monoisotopic (exact) mass is 251 g/mol. The molecule has 1 heterocycles. The first-order valence-electron chi connectivity index (χ1n) is 5.69. The maximum Gasteiger partial charge on any atom is 0.163 e. The van der Waals surface area contributed by atoms with Crippen LogP contribution in [0.3, 0.4) is 0 Å². The average Bonchev–Trinajstić information content (AvgIpc) is 2.56. The van der Waals surface area contributed by atoms with Crippen LogP contribution < -0.4 is 5.73 Å². The van der Waals surface area contributed by atoms with Gasteiger partial charge in [0.15, 0.2) is 11.6 Å². The largest absolute Gasteiger partial charge is 0.466 e. The molecule has 2 N–H and O–H groups in total. The summed E-state index contributed by atoms with van der Waals surface area (Å²) in [4.78, 5) is 0. The predicted molar refractivity (Wildman–Crippen MR) is 65.3 cm³/mol. The smallest absolute Gasteiger partial charge is 0.163 e. The Morgan fingerprint density at radius 1 is 1.11 bits per heavy atom. The molecular weight excluding hydrogens is 236 g/mol. The third-order valence-electron chi connectivity index (χ3n) is 3.25. The van der Waals surface area contributed by atoms with Gasteiger partial charge >= 0.3 is 0 Å². The fourth-order valence-electron chi connectivity index (χ4n) is 2.18. The van der Waals surface area contributed by atoms with Crippen molar-refractivity contribution in [3.63, 3.8) is 0 Å². The second-order valence-corrected chi connectivity index (χ2v) is 4.37. The summed E-state index contributed by atoms with van der Waals surface area (Å²) in [5.74, 6) is -0.406. The third-order valence-corrected chi connectivity index (χ3v) is 3.25. The van der Waals surface area contributed by atoms with E-state index in [0.717, 1.165) is 23.0 Å². The summed E-state index contributed by atoms with van der Waals surface area (Å²) in [6.07, 6.45) is 0. The predicted octanol–water partition coefficient (Wildman–Crippen LogP) is 3.53. The maximum atomic E-state index is 13.7. The Morgan fingerprint density at radius 3 is 2.33 bits per heavy atom. The first-order valence-corrected chi connectivity index (χ1v) is 5.69. The van der Waals surface area contributed by atoms with Crippen LogP contribution in [0.15, 0.2) is 22.6 Å². The van der Waals surface area contributed by atoms with Gasteiger partial charge in [0.25, 0.3) is 0 Å². The van der Waals surface area contributed by atoms with Crippen LogP contribution in [-0.2, 0) is 0 Å². The van der Waals surface area contributed by atoms with Crippen molar-refractivity contribution in [1.82, 2.24) is 0 Å². The lowest BCUT2D eigenvalue weighted by Crippen LogP contribution is -2.15. The van der Waals surface area contributed by atoms with Crippen molar-refractivity contribution in [2.24, 2.45) is 5.73 Å². The molecule has 4 heteroatoms. The van der Waals surface area contributed by atoms with Gasteiger partial charge in [0.05, 0.1) is 6.04 Å². The van der Waals surface area contributed by atoms with E-state index in [4.69, 9.17) is 10.2 Å². The molecule has 1 atom stereocenters. The average molecular weight is 251 g/mol. The molecule has 2 aromatic rings. The minimum atomic E-state index is -0.900. The molecule has 0 aliphatic heterocycles. The molecular formula is C14H15F2NO. The summed E-state index contributed by atoms with van der Waals surface area (Å²) in [6.45, 7) is 5.45. The van der Waals surface area contributed by atoms with Crippen LogP contribution in [0.1, 0.15) is 34.3 Å². The molecule has 0 bridgehead atoms. The van der Waals surface area contributed by atoms with E-state index in [9.17, 15) is 8.78 Å². The van der Waals surface area contributed by atoms with Gasteiger partial charge in [-0.2, -0.15) is 0 Å². The molecule has 1 unspecified atom stereocenters. The van der Waals surface area contributed by atoms with Gasteiger partial charge in [-0.05, 0) is 32.4 Å². The molecule has 1 aromatic heterocycles. The minimum absolute atomic E-state index is 0.141. The van der Waals surface area contributed by atoms with Gasteiger partial charge in [0, 0.05) is 11.1 Å². The fraction of sp³-hybridized carbons (Fsp3) is 0.286. The van der Waals surface area contributed by atoms with Crippen LogP contribution in [0.2, 0.25) is 0 Å². The molecule has 0 saturated carbocycles. The molecule has 0 saturated heterocycles. The van der Waals surface area contributed by atoms with E-state index in [0.29, 0.717) is 5.76 Å². The molecule has 1 aromatic carbocycles. The number of hydrogen-bond acceptors (Lipinski definition) is 2. The van der Waals surface area contributed by atoms with Gasteiger partial charge in [-0.1, -0.05) is 12.1 Å². The highest BCUT2D eigenvalue weighted by atomic mass is 19.2. The molecule has 96 valence electrons. The summed E-state index contributed by atoms with van der Waals surface area (Å²) in [5, 5.41) is 0. The fourth-order valence-corrected chi connectivity index (χ4v) is 2.18. The maximum absolute atomic E-state index is 13.7. The number of furan rings is 1. The van der Waals surface area contributed by atoms with Gasteiger partial charge < -0.3 is 10.2 Å². The summed E-state index contributed by atoms with van der Waals surface area (Å²) in [6, 6.07) is 3.29. The van der Waals surface area contributed by atoms with E-state index in [1.807, 2.05) is 13.8 Å². The van der Waals surface area contributed by atoms with Crippen molar-refractivity contribution < 1.29 is 13.2 Å². The van der Waals surface area contributed by atoms with Crippen molar-refractivity contribution in [3.05, 3.63) is 58.0 Å². The Labute approximate surface area is 104 Å². The van der Waals surface area contributed by atoms with Crippen molar-refractivity contribution in [3.8, 4) is 0 Å². The van der Waals surface area contributed by atoms with Gasteiger partial charge in [-0.15, -0.1) is 0 Å². The Kier molecular flexibility index (Phi) is 3.22. The second-order valence-electron chi connectivity index (χ2n) is 4.37. The van der Waals surface area contributed by atoms with Gasteiger partial charge in [-0.25, -0.2) is 8.78 Å². The van der Waals surface area contributed by atoms with Crippen molar-refractivity contribution in [2.75, 3.05) is 0 Å². The molecule has 18 heavy (non-hydrogen) atoms. The van der Waals surface area contributed by atoms with Crippen LogP contribution in [0.5, 0.6) is 0 Å². The Bertz CT molecular complexity index is 590. The normalized spacial score (nSPS) is 12.8. The van der Waals surface area contributed by atoms with Gasteiger partial charge in [0.2, 0.25) is 0 Å². The number of rotatable bonds is 2. The molecule has 2 nitrogen and oxygen atoms in total. The number of hydrogen-bond donors (Lipinski definition) is 1. The Morgan fingerprint density at radius 2 is 1.78 bits per heavy atom. The molecule has 2 rings (SSSR count). The van der Waals surface area contributed by atoms with Crippen LogP contribution in [-0.4, -0.2) is 0 Å². The van der Waals surface area contributed by atoms with Crippen molar-refractivity contribution in [2.45, 2.75) is 26.8 Å². The molecule has 0 fully saturated rings. The second kappa shape index (κ2) is 4.53. The summed E-state index contributed by atoms with van der Waals surface area (Å²) < 4.78 is 32.4. The van der Waals surface area contributed by atoms with Crippen LogP contribution >= 0.6 is 0 Å². The molecule has 0 radical (unpaired) electrons. The molecule has 0 spiro atoms. The van der Waals surface area contributed by atoms with Gasteiger partial charge in [0.1, 0.15) is 11.5 Å². The quantitative estimate of drug-likeness (QED) is 0.886. The molecule has 0 aliphatic carbocycles. The Balaban J connectivity index is 2.54. The van der Waals surface area contributed by atoms with Crippen molar-refractivity contribution >= 4 is 0 Å². The van der Waals surface area contributed by atoms with Crippen LogP contribution in [0, 0.1) is 32.4 Å². The highest BCUT2D eigenvalue weighted by Gasteiger charge is 2.22. The zero-order chi connectivity index (χ0) is 13.4. The molecule has 0 amide bonds. The van der Waals surface area contributed by atoms with E-state index < -0.39 is 17.7 Å². The van der Waals surface area contributed by atoms with E-state index >= 15 is 0 Å². The zero-order valence-electron chi connectivity index (χ0n) is 10.6. The highest BCUT2D eigenvalue weighted by Crippen LogP contribution is 2.31. The number of halogens is 2. The van der Waals surface area contributed by atoms with E-state index in [2.05, 4.69) is 0 Å². The molecule has 0 aliphatic rings. The van der Waals surface area contributed by atoms with E-state index in [1.54, 1.807) is 6.92 Å². The SMILES string of the molecule is Cc1oc(C)c(C(N)c2cccc(F)c2F)c1C. The van der Waals surface area contributed by atoms with Crippen LogP contribution in [0.25, 0.3) is 0 Å². The number of benzene rings is 1. The van der Waals surface area contributed by atoms with E-state index in [1.165, 1.54) is 12.1 Å². The zero-order valence-corrected chi connectivity index (χ0v) is 10.6. The highest BCUT2D eigenvalue weighted by molar-refractivity contribution is 5.40. The summed E-state index contributed by atoms with van der Waals surface area (Å²) in [7, 11) is 0. The lowest BCUT2D eigenvalue weighted by atomic mass is 9.96. The van der Waals surface area contributed by atoms with Gasteiger partial charge in [-0.3, -0.25) is 0 Å². The number of nitrogens with two attached hydrogens (primary N) is 1. The summed E-state index contributed by atoms with van der Waals surface area (Å²) >= 11 is 0. The lowest BCUT2D eigenvalue weighted by Gasteiger charge is -2.14. The number of aryl methyl sites for hydroxylation is 2. The topological polar surface area (TPSA) is 39.2 Å². The first kappa shape index (κ1) is 12.8. The minimum Gasteiger partial charge on any atom is -0.466 e. The summed E-state index contributed by atoms with van der Waals surface area (Å²) in [5.41, 5.74) is 7.77. The Hall–Kier alpha value is -1.68. The first-order chi connectivity index (χ1) is 8.43. The van der Waals surface area contributed by atoms with Crippen molar-refractivity contribution in [1.29, 1.82) is 0 Å². The lowest BCUT2D eigenvalue weighted by molar-refractivity contribution is 0.487. The van der Waals surface area contributed by atoms with Crippen LogP contribution in [0.4, 0.5) is 8.78 Å².